The Hall–Kier alpha value is -3.52. The smallest absolute Gasteiger partial charge is 0.0316 e. The second kappa shape index (κ2) is 14.1. The van der Waals surface area contributed by atoms with E-state index in [0.29, 0.717) is 11.8 Å². The van der Waals surface area contributed by atoms with Crippen LogP contribution in [0.4, 0.5) is 11.4 Å². The van der Waals surface area contributed by atoms with Crippen LogP contribution in [0, 0.1) is 19.8 Å². The Morgan fingerprint density at radius 1 is 0.636 bits per heavy atom. The van der Waals surface area contributed by atoms with Gasteiger partial charge in [0.1, 0.15) is 0 Å². The number of nitrogens with two attached hydrogens (primary N) is 2. The highest BCUT2D eigenvalue weighted by molar-refractivity contribution is 5.50. The molecule has 0 aromatic heterocycles. The molecule has 1 fully saturated rings. The van der Waals surface area contributed by atoms with Crippen LogP contribution < -0.4 is 11.5 Å². The first-order chi connectivity index (χ1) is 21.2. The molecule has 2 nitrogen and oxygen atoms in total. The van der Waals surface area contributed by atoms with Gasteiger partial charge < -0.3 is 11.5 Å². The third-order valence-electron chi connectivity index (χ3n) is 10.9. The van der Waals surface area contributed by atoms with Crippen molar-refractivity contribution in [1.29, 1.82) is 0 Å². The lowest BCUT2D eigenvalue weighted by molar-refractivity contribution is 0.250. The van der Waals surface area contributed by atoms with Crippen LogP contribution in [-0.4, -0.2) is 0 Å². The molecule has 2 atom stereocenters. The molecule has 1 aliphatic carbocycles. The van der Waals surface area contributed by atoms with Gasteiger partial charge >= 0.3 is 0 Å². The molecule has 232 valence electrons. The standard InChI is InChI=1S/C42H54N2/c1-6-7-8-9-10-33-23-25-42(26-24-33,36-15-11-34(12-16-36)31(4)40-21-19-38(43)27-29(40)2)37-17-13-35(14-18-37)32(5)41-22-20-39(44)28-30(41)3/h11-22,27-28,31-33H,6-10,23-26,43-44H2,1-5H3. The van der Waals surface area contributed by atoms with Gasteiger partial charge in [-0.1, -0.05) is 114 Å². The van der Waals surface area contributed by atoms with E-state index >= 15 is 0 Å². The summed E-state index contributed by atoms with van der Waals surface area (Å²) in [5.74, 6) is 1.52. The van der Waals surface area contributed by atoms with E-state index in [-0.39, 0.29) is 5.41 Å². The summed E-state index contributed by atoms with van der Waals surface area (Å²) in [5.41, 5.74) is 24.7. The van der Waals surface area contributed by atoms with Crippen LogP contribution >= 0.6 is 0 Å². The first kappa shape index (κ1) is 31.9. The lowest BCUT2D eigenvalue weighted by Crippen LogP contribution is -2.33. The fourth-order valence-corrected chi connectivity index (χ4v) is 7.97. The van der Waals surface area contributed by atoms with Gasteiger partial charge in [-0.2, -0.15) is 0 Å². The Kier molecular flexibility index (Phi) is 10.2. The minimum Gasteiger partial charge on any atom is -0.399 e. The molecule has 5 rings (SSSR count). The normalized spacial score (nSPS) is 19.9. The molecule has 0 heterocycles. The van der Waals surface area contributed by atoms with Gasteiger partial charge in [0.15, 0.2) is 0 Å². The van der Waals surface area contributed by atoms with Gasteiger partial charge in [0.2, 0.25) is 0 Å². The van der Waals surface area contributed by atoms with Gasteiger partial charge in [-0.3, -0.25) is 0 Å². The lowest BCUT2D eigenvalue weighted by atomic mass is 9.62. The predicted molar refractivity (Wildman–Crippen MR) is 191 cm³/mol. The third kappa shape index (κ3) is 6.90. The van der Waals surface area contributed by atoms with E-state index in [1.165, 1.54) is 102 Å². The third-order valence-corrected chi connectivity index (χ3v) is 10.9. The maximum Gasteiger partial charge on any atom is 0.0316 e. The molecular weight excluding hydrogens is 532 g/mol. The molecule has 0 amide bonds. The molecule has 1 saturated carbocycles. The van der Waals surface area contributed by atoms with E-state index in [0.717, 1.165) is 17.3 Å². The SMILES string of the molecule is CCCCCCC1CCC(c2ccc(C(C)c3ccc(N)cc3C)cc2)(c2ccc(C(C)c3ccc(N)cc3C)cc2)CC1. The maximum atomic E-state index is 6.05. The van der Waals surface area contributed by atoms with Crippen LogP contribution in [0.5, 0.6) is 0 Å². The Balaban J connectivity index is 1.42. The first-order valence-corrected chi connectivity index (χ1v) is 17.1. The molecule has 4 aromatic carbocycles. The lowest BCUT2D eigenvalue weighted by Gasteiger charge is -2.42. The summed E-state index contributed by atoms with van der Waals surface area (Å²) in [6.45, 7) is 11.3. The first-order valence-electron chi connectivity index (χ1n) is 17.1. The van der Waals surface area contributed by atoms with Crippen LogP contribution in [0.15, 0.2) is 84.9 Å². The van der Waals surface area contributed by atoms with Gasteiger partial charge in [-0.05, 0) is 114 Å². The molecule has 44 heavy (non-hydrogen) atoms. The van der Waals surface area contributed by atoms with Crippen LogP contribution in [-0.2, 0) is 5.41 Å². The fraction of sp³-hybridized carbons (Fsp3) is 0.429. The molecule has 0 spiro atoms. The van der Waals surface area contributed by atoms with Crippen molar-refractivity contribution < 1.29 is 0 Å². The van der Waals surface area contributed by atoms with E-state index in [1.807, 2.05) is 12.1 Å². The second-order valence-electron chi connectivity index (χ2n) is 13.8. The maximum absolute atomic E-state index is 6.05. The number of anilines is 2. The van der Waals surface area contributed by atoms with Gasteiger partial charge in [0, 0.05) is 28.6 Å². The van der Waals surface area contributed by atoms with Crippen LogP contribution in [0.3, 0.4) is 0 Å². The quantitative estimate of drug-likeness (QED) is 0.136. The zero-order valence-corrected chi connectivity index (χ0v) is 27.8. The summed E-state index contributed by atoms with van der Waals surface area (Å²) in [5, 5.41) is 0. The Morgan fingerprint density at radius 2 is 1.09 bits per heavy atom. The number of unbranched alkanes of at least 4 members (excludes halogenated alkanes) is 3. The molecule has 2 unspecified atom stereocenters. The zero-order chi connectivity index (χ0) is 31.3. The summed E-state index contributed by atoms with van der Waals surface area (Å²) in [6.07, 6.45) is 11.9. The monoisotopic (exact) mass is 586 g/mol. The molecular formula is C42H54N2. The number of benzene rings is 4. The second-order valence-corrected chi connectivity index (χ2v) is 13.8. The van der Waals surface area contributed by atoms with Crippen molar-refractivity contribution in [2.24, 2.45) is 5.92 Å². The van der Waals surface area contributed by atoms with Crippen LogP contribution in [0.2, 0.25) is 0 Å². The minimum absolute atomic E-state index is 0.0671. The van der Waals surface area contributed by atoms with E-state index in [1.54, 1.807) is 0 Å². The summed E-state index contributed by atoms with van der Waals surface area (Å²) in [6, 6.07) is 31.9. The van der Waals surface area contributed by atoms with E-state index in [2.05, 4.69) is 107 Å². The van der Waals surface area contributed by atoms with Gasteiger partial charge in [-0.15, -0.1) is 0 Å². The van der Waals surface area contributed by atoms with E-state index in [9.17, 15) is 0 Å². The Bertz CT molecular complexity index is 1400. The molecule has 0 bridgehead atoms. The van der Waals surface area contributed by atoms with Gasteiger partial charge in [-0.25, -0.2) is 0 Å². The number of nitrogen functional groups attached to an aromatic ring is 2. The highest BCUT2D eigenvalue weighted by Gasteiger charge is 2.38. The van der Waals surface area contributed by atoms with Crippen molar-refractivity contribution >= 4 is 11.4 Å². The minimum atomic E-state index is 0.0671. The average molecular weight is 587 g/mol. The van der Waals surface area contributed by atoms with Crippen molar-refractivity contribution in [3.8, 4) is 0 Å². The molecule has 4 N–H and O–H groups in total. The number of aryl methyl sites for hydroxylation is 2. The largest absolute Gasteiger partial charge is 0.399 e. The van der Waals surface area contributed by atoms with E-state index < -0.39 is 0 Å². The molecule has 0 aliphatic heterocycles. The van der Waals surface area contributed by atoms with Gasteiger partial charge in [0.25, 0.3) is 0 Å². The topological polar surface area (TPSA) is 52.0 Å². The molecule has 1 aliphatic rings. The summed E-state index contributed by atoms with van der Waals surface area (Å²) in [7, 11) is 0. The number of hydrogen-bond acceptors (Lipinski definition) is 2. The van der Waals surface area contributed by atoms with Crippen molar-refractivity contribution in [2.45, 2.75) is 110 Å². The van der Waals surface area contributed by atoms with Gasteiger partial charge in [0.05, 0.1) is 0 Å². The summed E-state index contributed by atoms with van der Waals surface area (Å²) >= 11 is 0. The highest BCUT2D eigenvalue weighted by atomic mass is 14.5. The van der Waals surface area contributed by atoms with Crippen LogP contribution in [0.25, 0.3) is 0 Å². The molecule has 2 heteroatoms. The fourth-order valence-electron chi connectivity index (χ4n) is 7.97. The predicted octanol–water partition coefficient (Wildman–Crippen LogP) is 11.2. The number of rotatable bonds is 11. The zero-order valence-electron chi connectivity index (χ0n) is 27.8. The Labute approximate surface area is 267 Å². The average Bonchev–Trinajstić information content (AvgIpc) is 3.03. The Morgan fingerprint density at radius 3 is 1.50 bits per heavy atom. The molecule has 0 radical (unpaired) electrons. The number of hydrogen-bond donors (Lipinski definition) is 2. The van der Waals surface area contributed by atoms with Crippen molar-refractivity contribution in [1.82, 2.24) is 0 Å². The molecule has 0 saturated heterocycles. The van der Waals surface area contributed by atoms with E-state index in [4.69, 9.17) is 11.5 Å². The van der Waals surface area contributed by atoms with Crippen molar-refractivity contribution in [2.75, 3.05) is 11.5 Å². The summed E-state index contributed by atoms with van der Waals surface area (Å²) in [4.78, 5) is 0. The highest BCUT2D eigenvalue weighted by Crippen LogP contribution is 2.48. The van der Waals surface area contributed by atoms with Crippen LogP contribution in [0.1, 0.15) is 135 Å². The summed E-state index contributed by atoms with van der Waals surface area (Å²) < 4.78 is 0. The van der Waals surface area contributed by atoms with Crippen molar-refractivity contribution in [3.05, 3.63) is 129 Å². The molecule has 4 aromatic rings. The van der Waals surface area contributed by atoms with Crippen molar-refractivity contribution in [3.63, 3.8) is 0 Å².